The Balaban J connectivity index is 2.32. The van der Waals surface area contributed by atoms with E-state index in [2.05, 4.69) is 15.0 Å². The van der Waals surface area contributed by atoms with E-state index in [4.69, 9.17) is 22.1 Å². The third-order valence-electron chi connectivity index (χ3n) is 4.45. The van der Waals surface area contributed by atoms with Gasteiger partial charge in [0.2, 0.25) is 0 Å². The zero-order chi connectivity index (χ0) is 25.6. The van der Waals surface area contributed by atoms with Crippen molar-refractivity contribution in [2.24, 2.45) is 5.73 Å². The van der Waals surface area contributed by atoms with Gasteiger partial charge in [-0.25, -0.2) is 14.6 Å². The van der Waals surface area contributed by atoms with Crippen LogP contribution in [0.3, 0.4) is 0 Å². The number of carbonyl (C=O) groups is 3. The summed E-state index contributed by atoms with van der Waals surface area (Å²) in [5, 5.41) is 13.0. The van der Waals surface area contributed by atoms with Crippen LogP contribution in [-0.2, 0) is 14.3 Å². The van der Waals surface area contributed by atoms with Crippen LogP contribution in [0.1, 0.15) is 43.6 Å². The third-order valence-corrected chi connectivity index (χ3v) is 4.74. The van der Waals surface area contributed by atoms with Crippen molar-refractivity contribution in [1.82, 2.24) is 10.3 Å². The van der Waals surface area contributed by atoms with E-state index in [1.54, 1.807) is 0 Å². The minimum absolute atomic E-state index is 0.136. The minimum Gasteiger partial charge on any atom is -0.505 e. The Morgan fingerprint density at radius 1 is 1.21 bits per heavy atom. The number of alkyl halides is 3. The molecule has 1 atom stereocenters. The number of ether oxygens (including phenoxy) is 2. The molecule has 0 fully saturated rings. The van der Waals surface area contributed by atoms with Crippen LogP contribution < -0.4 is 15.8 Å². The first-order valence-corrected chi connectivity index (χ1v) is 10.6. The number of halogens is 4. The number of fused-ring (bicyclic) bond motifs is 1. The summed E-state index contributed by atoms with van der Waals surface area (Å²) >= 11 is 6.17. The van der Waals surface area contributed by atoms with Crippen LogP contribution >= 0.6 is 11.6 Å². The largest absolute Gasteiger partial charge is 0.505 e. The van der Waals surface area contributed by atoms with Crippen molar-refractivity contribution < 1.29 is 42.1 Å². The fraction of sp³-hybridized carbons (Fsp3) is 0.429. The molecule has 2 rings (SSSR count). The maximum atomic E-state index is 12.7. The lowest BCUT2D eigenvalue weighted by Crippen LogP contribution is -2.44. The summed E-state index contributed by atoms with van der Waals surface area (Å²) < 4.78 is 46.8. The summed E-state index contributed by atoms with van der Waals surface area (Å²) in [5.74, 6) is -5.58. The zero-order valence-corrected chi connectivity index (χ0v) is 19.0. The Bertz CT molecular complexity index is 1080. The first kappa shape index (κ1) is 27.1. The van der Waals surface area contributed by atoms with Crippen molar-refractivity contribution in [2.75, 3.05) is 6.54 Å². The fourth-order valence-electron chi connectivity index (χ4n) is 2.93. The van der Waals surface area contributed by atoms with Crippen molar-refractivity contribution in [1.29, 1.82) is 0 Å². The van der Waals surface area contributed by atoms with Crippen molar-refractivity contribution in [3.63, 3.8) is 0 Å². The van der Waals surface area contributed by atoms with Gasteiger partial charge < -0.3 is 25.6 Å². The number of amides is 1. The second kappa shape index (κ2) is 11.3. The summed E-state index contributed by atoms with van der Waals surface area (Å²) in [6.07, 6.45) is -5.09. The maximum absolute atomic E-state index is 12.7. The number of rotatable bonds is 9. The summed E-state index contributed by atoms with van der Waals surface area (Å²) in [4.78, 5) is 39.8. The number of hydrogen-bond acceptors (Lipinski definition) is 8. The number of nitrogens with two attached hydrogens (primary N) is 1. The number of benzene rings is 1. The first-order valence-electron chi connectivity index (χ1n) is 10.2. The Morgan fingerprint density at radius 2 is 1.88 bits per heavy atom. The van der Waals surface area contributed by atoms with Gasteiger partial charge in [-0.05, 0) is 57.9 Å². The number of carbonyl (C=O) groups excluding carboxylic acids is 3. The molecule has 0 unspecified atom stereocenters. The van der Waals surface area contributed by atoms with Crippen LogP contribution in [-0.4, -0.2) is 52.8 Å². The van der Waals surface area contributed by atoms with Gasteiger partial charge in [0.1, 0.15) is 16.9 Å². The molecule has 1 aromatic heterocycles. The van der Waals surface area contributed by atoms with Crippen LogP contribution in [0.25, 0.3) is 10.8 Å². The second-order valence-corrected chi connectivity index (χ2v) is 7.85. The van der Waals surface area contributed by atoms with E-state index >= 15 is 0 Å². The van der Waals surface area contributed by atoms with Crippen LogP contribution in [0.4, 0.5) is 13.2 Å². The topological polar surface area (TPSA) is 141 Å². The molecule has 0 aliphatic carbocycles. The highest BCUT2D eigenvalue weighted by atomic mass is 35.5. The fourth-order valence-corrected chi connectivity index (χ4v) is 3.17. The van der Waals surface area contributed by atoms with Crippen molar-refractivity contribution in [2.45, 2.75) is 51.4 Å². The molecule has 13 heteroatoms. The second-order valence-electron chi connectivity index (χ2n) is 7.49. The lowest BCUT2D eigenvalue weighted by molar-refractivity contribution is -0.202. The Kier molecular flexibility index (Phi) is 9.05. The number of aromatic nitrogens is 1. The molecule has 0 saturated heterocycles. The number of esters is 2. The summed E-state index contributed by atoms with van der Waals surface area (Å²) in [6.45, 7) is 3.85. The molecule has 4 N–H and O–H groups in total. The van der Waals surface area contributed by atoms with Gasteiger partial charge >= 0.3 is 18.1 Å². The standard InChI is InChI=1S/C21H23ClF3N3O6/c1-10(2)33-11-6-7-12-13(9-11)17(22)28-15(16(12)29)18(30)27-14(5-3-4-8-26)19(31)34-20(32)21(23,24)25/h6-7,9-10,14,29H,3-5,8,26H2,1-2H3,(H,27,30)/t14-/m1/s1. The van der Waals surface area contributed by atoms with E-state index in [0.717, 1.165) is 0 Å². The Morgan fingerprint density at radius 3 is 2.47 bits per heavy atom. The molecule has 0 saturated carbocycles. The number of hydrogen-bond donors (Lipinski definition) is 3. The van der Waals surface area contributed by atoms with E-state index < -0.39 is 41.5 Å². The van der Waals surface area contributed by atoms with Crippen molar-refractivity contribution in [3.8, 4) is 11.5 Å². The molecule has 0 aliphatic rings. The smallest absolute Gasteiger partial charge is 0.491 e. The molecule has 0 aliphatic heterocycles. The number of nitrogens with zero attached hydrogens (tertiary/aromatic N) is 1. The molecule has 1 heterocycles. The number of unbranched alkanes of at least 4 members (excludes halogenated alkanes) is 1. The first-order chi connectivity index (χ1) is 15.8. The van der Waals surface area contributed by atoms with Gasteiger partial charge in [-0.1, -0.05) is 11.6 Å². The molecule has 186 valence electrons. The van der Waals surface area contributed by atoms with Gasteiger partial charge in [-0.15, -0.1) is 0 Å². The molecular formula is C21H23ClF3N3O6. The minimum atomic E-state index is -5.40. The highest BCUT2D eigenvalue weighted by Crippen LogP contribution is 2.34. The molecule has 2 aromatic rings. The molecule has 0 spiro atoms. The van der Waals surface area contributed by atoms with Gasteiger partial charge in [0, 0.05) is 10.8 Å². The van der Waals surface area contributed by atoms with Crippen LogP contribution in [0, 0.1) is 0 Å². The van der Waals surface area contributed by atoms with Gasteiger partial charge in [-0.3, -0.25) is 4.79 Å². The Labute approximate surface area is 197 Å². The quantitative estimate of drug-likeness (QED) is 0.204. The van der Waals surface area contributed by atoms with E-state index in [0.29, 0.717) is 12.2 Å². The predicted molar refractivity (Wildman–Crippen MR) is 115 cm³/mol. The van der Waals surface area contributed by atoms with Gasteiger partial charge in [0.05, 0.1) is 6.10 Å². The highest BCUT2D eigenvalue weighted by Gasteiger charge is 2.43. The molecule has 0 radical (unpaired) electrons. The normalized spacial score (nSPS) is 12.5. The van der Waals surface area contributed by atoms with Crippen LogP contribution in [0.5, 0.6) is 11.5 Å². The lowest BCUT2D eigenvalue weighted by Gasteiger charge is -2.18. The summed E-state index contributed by atoms with van der Waals surface area (Å²) in [5.41, 5.74) is 4.80. The average molecular weight is 506 g/mol. The van der Waals surface area contributed by atoms with E-state index in [1.807, 2.05) is 13.8 Å². The van der Waals surface area contributed by atoms with Crippen LogP contribution in [0.15, 0.2) is 18.2 Å². The average Bonchev–Trinajstić information content (AvgIpc) is 2.74. The van der Waals surface area contributed by atoms with Crippen molar-refractivity contribution in [3.05, 3.63) is 29.0 Å². The SMILES string of the molecule is CC(C)Oc1ccc2c(O)c(C(=O)N[C@H](CCCCN)C(=O)OC(=O)C(F)(F)F)nc(Cl)c2c1. The summed E-state index contributed by atoms with van der Waals surface area (Å²) in [6, 6.07) is 2.86. The Hall–Kier alpha value is -3.12. The highest BCUT2D eigenvalue weighted by molar-refractivity contribution is 6.35. The molecule has 1 aromatic carbocycles. The number of nitrogens with one attached hydrogen (secondary N) is 1. The molecule has 34 heavy (non-hydrogen) atoms. The van der Waals surface area contributed by atoms with Crippen LogP contribution in [0.2, 0.25) is 5.15 Å². The third kappa shape index (κ3) is 6.94. The van der Waals surface area contributed by atoms with E-state index in [1.165, 1.54) is 18.2 Å². The zero-order valence-electron chi connectivity index (χ0n) is 18.2. The van der Waals surface area contributed by atoms with Gasteiger partial charge in [0.15, 0.2) is 11.4 Å². The van der Waals surface area contributed by atoms with E-state index in [-0.39, 0.29) is 41.4 Å². The molecule has 9 nitrogen and oxygen atoms in total. The lowest BCUT2D eigenvalue weighted by atomic mass is 10.1. The van der Waals surface area contributed by atoms with Gasteiger partial charge in [-0.2, -0.15) is 13.2 Å². The number of aromatic hydroxyl groups is 1. The van der Waals surface area contributed by atoms with E-state index in [9.17, 15) is 32.7 Å². The predicted octanol–water partition coefficient (Wildman–Crippen LogP) is 3.24. The number of pyridine rings is 1. The maximum Gasteiger partial charge on any atom is 0.491 e. The molecule has 1 amide bonds. The van der Waals surface area contributed by atoms with Crippen molar-refractivity contribution >= 4 is 40.2 Å². The molecule has 0 bridgehead atoms. The summed E-state index contributed by atoms with van der Waals surface area (Å²) in [7, 11) is 0. The van der Waals surface area contributed by atoms with Gasteiger partial charge in [0.25, 0.3) is 5.91 Å². The molecular weight excluding hydrogens is 483 g/mol. The monoisotopic (exact) mass is 505 g/mol.